The molecule has 1 aliphatic heterocycles. The van der Waals surface area contributed by atoms with Crippen molar-refractivity contribution >= 4 is 49.6 Å². The quantitative estimate of drug-likeness (QED) is 0.357. The van der Waals surface area contributed by atoms with Crippen LogP contribution in [-0.2, 0) is 9.73 Å². The van der Waals surface area contributed by atoms with Crippen LogP contribution >= 0.6 is 11.6 Å². The Morgan fingerprint density at radius 1 is 1.23 bits per heavy atom. The average Bonchev–Trinajstić information content (AvgIpc) is 3.30. The lowest BCUT2D eigenvalue weighted by atomic mass is 10.1. The van der Waals surface area contributed by atoms with Gasteiger partial charge in [0.05, 0.1) is 45.1 Å². The summed E-state index contributed by atoms with van der Waals surface area (Å²) >= 11 is 6.46. The second-order valence-electron chi connectivity index (χ2n) is 8.35. The van der Waals surface area contributed by atoms with E-state index in [0.29, 0.717) is 45.3 Å². The number of anilines is 2. The summed E-state index contributed by atoms with van der Waals surface area (Å²) in [6.07, 6.45) is 3.48. The van der Waals surface area contributed by atoms with Gasteiger partial charge < -0.3 is 19.9 Å². The molecule has 2 aromatic heterocycles. The van der Waals surface area contributed by atoms with Crippen molar-refractivity contribution in [1.82, 2.24) is 19.9 Å². The summed E-state index contributed by atoms with van der Waals surface area (Å²) in [6, 6.07) is 13.4. The fraction of sp³-hybridized carbons (Fsp3) is 0.280. The number of nitrogens with one attached hydrogen (secondary N) is 2. The van der Waals surface area contributed by atoms with Crippen LogP contribution in [0, 0.1) is 0 Å². The van der Waals surface area contributed by atoms with E-state index in [9.17, 15) is 4.21 Å². The van der Waals surface area contributed by atoms with E-state index >= 15 is 0 Å². The Kier molecular flexibility index (Phi) is 6.64. The van der Waals surface area contributed by atoms with Crippen LogP contribution < -0.4 is 10.1 Å². The van der Waals surface area contributed by atoms with Crippen molar-refractivity contribution < 1.29 is 8.95 Å². The van der Waals surface area contributed by atoms with E-state index in [1.54, 1.807) is 19.4 Å². The minimum Gasteiger partial charge on any atom is -0.494 e. The Morgan fingerprint density at radius 2 is 2.03 bits per heavy atom. The molecule has 182 valence electrons. The maximum absolute atomic E-state index is 13.2. The molecule has 10 heteroatoms. The second kappa shape index (κ2) is 9.85. The van der Waals surface area contributed by atoms with Crippen LogP contribution in [0.25, 0.3) is 22.2 Å². The summed E-state index contributed by atoms with van der Waals surface area (Å²) in [6.45, 7) is 4.71. The maximum atomic E-state index is 13.2. The first-order valence-electron chi connectivity index (χ1n) is 11.5. The number of halogens is 1. The van der Waals surface area contributed by atoms with Gasteiger partial charge in [-0.15, -0.1) is 0 Å². The van der Waals surface area contributed by atoms with Gasteiger partial charge in [-0.05, 0) is 24.7 Å². The Bertz CT molecular complexity index is 1480. The van der Waals surface area contributed by atoms with E-state index in [0.717, 1.165) is 36.1 Å². The number of ether oxygens (including phenoxy) is 1. The van der Waals surface area contributed by atoms with Gasteiger partial charge in [0.1, 0.15) is 5.75 Å². The predicted octanol–water partition coefficient (Wildman–Crippen LogP) is 5.47. The molecule has 0 unspecified atom stereocenters. The number of nitrogens with zero attached hydrogens (tertiary/aromatic N) is 4. The normalized spacial score (nSPS) is 15.7. The lowest BCUT2D eigenvalue weighted by molar-refractivity contribution is 0.315. The van der Waals surface area contributed by atoms with E-state index in [1.807, 2.05) is 42.6 Å². The molecule has 0 spiro atoms. The van der Waals surface area contributed by atoms with E-state index in [1.165, 1.54) is 0 Å². The van der Waals surface area contributed by atoms with E-state index in [4.69, 9.17) is 16.3 Å². The fourth-order valence-electron chi connectivity index (χ4n) is 4.20. The number of methoxy groups -OCH3 is 1. The van der Waals surface area contributed by atoms with Gasteiger partial charge in [0, 0.05) is 53.3 Å². The summed E-state index contributed by atoms with van der Waals surface area (Å²) in [7, 11) is -0.684. The number of rotatable bonds is 6. The number of hydrogen-bond donors (Lipinski definition) is 2. The highest BCUT2D eigenvalue weighted by molar-refractivity contribution is 7.93. The lowest BCUT2D eigenvalue weighted by Gasteiger charge is -2.27. The molecule has 5 rings (SSSR count). The third kappa shape index (κ3) is 4.98. The average molecular weight is 511 g/mol. The number of fused-ring (bicyclic) bond motifs is 1. The van der Waals surface area contributed by atoms with Gasteiger partial charge >= 0.3 is 0 Å². The van der Waals surface area contributed by atoms with Crippen LogP contribution in [0.3, 0.4) is 0 Å². The first-order valence-corrected chi connectivity index (χ1v) is 13.7. The topological polar surface area (TPSA) is 95.5 Å². The minimum atomic E-state index is -2.27. The summed E-state index contributed by atoms with van der Waals surface area (Å²) in [5.41, 5.74) is 3.84. The standard InChI is InChI=1S/C25H27ClN6O2S/c1-3-32-10-12-35(33,13-11-32)31-17-8-9-22(23(14-17)34-2)29-25-28-16-20(26)24(30-25)19-15-27-21-7-5-4-6-18(19)21/h4-9,14-16,27H,3,10-13H2,1-2H3,(H,28,29,30). The van der Waals surface area contributed by atoms with E-state index in [2.05, 4.69) is 36.5 Å². The number of para-hydroxylation sites is 1. The van der Waals surface area contributed by atoms with Crippen LogP contribution in [0.5, 0.6) is 5.75 Å². The SMILES string of the molecule is CCN1CCS(=O)(=Nc2ccc(Nc3ncc(Cl)c(-c4c[nH]c5ccccc45)n3)c(OC)c2)CC1. The molecule has 8 nitrogen and oxygen atoms in total. The van der Waals surface area contributed by atoms with Crippen molar-refractivity contribution in [3.63, 3.8) is 0 Å². The van der Waals surface area contributed by atoms with Gasteiger partial charge in [-0.2, -0.15) is 4.36 Å². The number of aromatic amines is 1. The molecule has 0 atom stereocenters. The van der Waals surface area contributed by atoms with Gasteiger partial charge in [0.2, 0.25) is 5.95 Å². The molecule has 0 radical (unpaired) electrons. The Hall–Kier alpha value is -3.14. The van der Waals surface area contributed by atoms with Crippen molar-refractivity contribution in [2.45, 2.75) is 6.92 Å². The number of hydrogen-bond acceptors (Lipinski definition) is 7. The molecule has 3 heterocycles. The molecule has 0 amide bonds. The first-order chi connectivity index (χ1) is 17.0. The van der Waals surface area contributed by atoms with Gasteiger partial charge in [0.25, 0.3) is 0 Å². The molecule has 1 aliphatic rings. The zero-order valence-electron chi connectivity index (χ0n) is 19.6. The Balaban J connectivity index is 1.42. The summed E-state index contributed by atoms with van der Waals surface area (Å²) in [4.78, 5) is 14.6. The van der Waals surface area contributed by atoms with E-state index < -0.39 is 9.73 Å². The van der Waals surface area contributed by atoms with Crippen LogP contribution in [0.4, 0.5) is 17.3 Å². The van der Waals surface area contributed by atoms with E-state index in [-0.39, 0.29) is 0 Å². The largest absolute Gasteiger partial charge is 0.494 e. The highest BCUT2D eigenvalue weighted by Crippen LogP contribution is 2.35. The van der Waals surface area contributed by atoms with Gasteiger partial charge in [0.15, 0.2) is 0 Å². The van der Waals surface area contributed by atoms with Crippen molar-refractivity contribution in [2.75, 3.05) is 43.6 Å². The molecule has 1 fully saturated rings. The van der Waals surface area contributed by atoms with Crippen LogP contribution in [0.2, 0.25) is 5.02 Å². The summed E-state index contributed by atoms with van der Waals surface area (Å²) in [5, 5.41) is 4.71. The zero-order chi connectivity index (χ0) is 24.4. The third-order valence-corrected chi connectivity index (χ3v) is 8.65. The number of H-pyrrole nitrogens is 1. The van der Waals surface area contributed by atoms with Gasteiger partial charge in [-0.3, -0.25) is 0 Å². The first kappa shape index (κ1) is 23.6. The fourth-order valence-corrected chi connectivity index (χ4v) is 6.37. The smallest absolute Gasteiger partial charge is 0.227 e. The molecule has 0 saturated carbocycles. The predicted molar refractivity (Wildman–Crippen MR) is 143 cm³/mol. The third-order valence-electron chi connectivity index (χ3n) is 6.19. The Morgan fingerprint density at radius 3 is 2.80 bits per heavy atom. The number of aromatic nitrogens is 3. The zero-order valence-corrected chi connectivity index (χ0v) is 21.2. The van der Waals surface area contributed by atoms with Crippen molar-refractivity contribution in [2.24, 2.45) is 4.36 Å². The maximum Gasteiger partial charge on any atom is 0.227 e. The Labute approximate surface area is 209 Å². The van der Waals surface area contributed by atoms with Crippen molar-refractivity contribution in [1.29, 1.82) is 0 Å². The molecule has 0 bridgehead atoms. The molecular weight excluding hydrogens is 484 g/mol. The summed E-state index contributed by atoms with van der Waals surface area (Å²) < 4.78 is 23.4. The number of benzene rings is 2. The van der Waals surface area contributed by atoms with Crippen LogP contribution in [0.1, 0.15) is 6.92 Å². The lowest BCUT2D eigenvalue weighted by Crippen LogP contribution is -2.39. The molecule has 1 saturated heterocycles. The molecular formula is C25H27ClN6O2S. The molecule has 0 aliphatic carbocycles. The van der Waals surface area contributed by atoms with Crippen molar-refractivity contribution in [3.8, 4) is 17.0 Å². The highest BCUT2D eigenvalue weighted by atomic mass is 35.5. The molecule has 35 heavy (non-hydrogen) atoms. The van der Waals surface area contributed by atoms with Gasteiger partial charge in [-0.1, -0.05) is 36.7 Å². The molecule has 4 aromatic rings. The molecule has 2 N–H and O–H groups in total. The summed E-state index contributed by atoms with van der Waals surface area (Å²) in [5.74, 6) is 2.11. The van der Waals surface area contributed by atoms with Crippen molar-refractivity contribution in [3.05, 3.63) is 59.9 Å². The molecule has 2 aromatic carbocycles. The minimum absolute atomic E-state index is 0.385. The monoisotopic (exact) mass is 510 g/mol. The second-order valence-corrected chi connectivity index (χ2v) is 11.3. The highest BCUT2D eigenvalue weighted by Gasteiger charge is 2.20. The van der Waals surface area contributed by atoms with Crippen LogP contribution in [0.15, 0.2) is 59.2 Å². The van der Waals surface area contributed by atoms with Gasteiger partial charge in [-0.25, -0.2) is 14.2 Å². The van der Waals surface area contributed by atoms with Crippen LogP contribution in [-0.4, -0.2) is 62.3 Å².